The van der Waals surface area contributed by atoms with E-state index in [1.807, 2.05) is 0 Å². The van der Waals surface area contributed by atoms with E-state index in [1.54, 1.807) is 0 Å². The van der Waals surface area contributed by atoms with Gasteiger partial charge < -0.3 is 34.3 Å². The fourth-order valence-electron chi connectivity index (χ4n) is 8.03. The van der Waals surface area contributed by atoms with Crippen molar-refractivity contribution in [1.29, 1.82) is 0 Å². The zero-order valence-electron chi connectivity index (χ0n) is 38.8. The minimum absolute atomic E-state index is 0.173. The maximum Gasteiger partial charge on any atom is 0.306 e. The first-order chi connectivity index (χ1) is 29.5. The normalized spacial score (nSPS) is 19.9. The maximum absolute atomic E-state index is 12.9. The number of hydrogen-bond acceptors (Lipinski definition) is 11. The fourth-order valence-corrected chi connectivity index (χ4v) is 8.72. The SMILES string of the molecule is CCCCCCCCCCCCCCCCCCCCCCC(=O)O[C@H](COC(=O)CCCCCCCCCCCCCCC)CO[C@H]1O[C@H](CS(=O)(=O)O)[C@@H](O)C(O)C1O. The number of aliphatic hydroxyl groups is 3. The molecule has 61 heavy (non-hydrogen) atoms. The molecule has 1 heterocycles. The van der Waals surface area contributed by atoms with Gasteiger partial charge in [0.15, 0.2) is 12.4 Å². The van der Waals surface area contributed by atoms with Gasteiger partial charge in [-0.05, 0) is 12.8 Å². The molecule has 1 saturated heterocycles. The van der Waals surface area contributed by atoms with E-state index in [0.29, 0.717) is 12.8 Å². The lowest BCUT2D eigenvalue weighted by molar-refractivity contribution is -0.297. The van der Waals surface area contributed by atoms with Gasteiger partial charge in [-0.3, -0.25) is 14.1 Å². The maximum atomic E-state index is 12.9. The van der Waals surface area contributed by atoms with Crippen LogP contribution >= 0.6 is 0 Å². The summed E-state index contributed by atoms with van der Waals surface area (Å²) in [5, 5.41) is 30.9. The van der Waals surface area contributed by atoms with Crippen molar-refractivity contribution in [3.63, 3.8) is 0 Å². The van der Waals surface area contributed by atoms with Crippen molar-refractivity contribution >= 4 is 22.1 Å². The first-order valence-corrected chi connectivity index (χ1v) is 26.7. The van der Waals surface area contributed by atoms with Gasteiger partial charge in [-0.2, -0.15) is 8.42 Å². The summed E-state index contributed by atoms with van der Waals surface area (Å²) < 4.78 is 54.2. The van der Waals surface area contributed by atoms with Crippen LogP contribution in [-0.4, -0.2) is 96.0 Å². The number of esters is 2. The summed E-state index contributed by atoms with van der Waals surface area (Å²) in [5.41, 5.74) is 0. The standard InChI is InChI=1S/C48H92O12S/c1-3-5-7-9-11-13-15-17-18-19-20-21-22-23-25-27-29-31-33-35-37-44(50)59-41(39-58-48-47(53)46(52)45(51)42(60-48)40-61(54,55)56)38-57-43(49)36-34-32-30-28-26-24-16-14-12-10-8-6-4-2/h41-42,45-48,51-53H,3-40H2,1-2H3,(H,54,55,56)/t41-,42-,45-,46?,47?,48+/m1/s1. The minimum atomic E-state index is -4.60. The molecule has 0 radical (unpaired) electrons. The van der Waals surface area contributed by atoms with Crippen molar-refractivity contribution in [1.82, 2.24) is 0 Å². The van der Waals surface area contributed by atoms with Crippen LogP contribution in [0.3, 0.4) is 0 Å². The Hall–Kier alpha value is -1.35. The summed E-state index contributed by atoms with van der Waals surface area (Å²) in [5.74, 6) is -1.96. The number of hydrogen-bond donors (Lipinski definition) is 4. The van der Waals surface area contributed by atoms with Gasteiger partial charge in [0.1, 0.15) is 36.8 Å². The van der Waals surface area contributed by atoms with Crippen LogP contribution in [0.15, 0.2) is 0 Å². The largest absolute Gasteiger partial charge is 0.462 e. The Morgan fingerprint density at radius 2 is 0.836 bits per heavy atom. The molecule has 362 valence electrons. The van der Waals surface area contributed by atoms with Crippen LogP contribution in [0.4, 0.5) is 0 Å². The van der Waals surface area contributed by atoms with Crippen LogP contribution in [-0.2, 0) is 38.7 Å². The average Bonchev–Trinajstić information content (AvgIpc) is 3.22. The molecule has 1 rings (SSSR count). The number of carbonyl (C=O) groups excluding carboxylic acids is 2. The quantitative estimate of drug-likeness (QED) is 0.0258. The molecular weight excluding hydrogens is 801 g/mol. The van der Waals surface area contributed by atoms with E-state index in [1.165, 1.54) is 161 Å². The first-order valence-electron chi connectivity index (χ1n) is 25.1. The van der Waals surface area contributed by atoms with Crippen LogP contribution in [0, 0.1) is 0 Å². The number of aliphatic hydroxyl groups excluding tert-OH is 3. The highest BCUT2D eigenvalue weighted by Gasteiger charge is 2.46. The van der Waals surface area contributed by atoms with E-state index in [-0.39, 0.29) is 19.4 Å². The number of rotatable bonds is 43. The zero-order valence-corrected chi connectivity index (χ0v) is 39.6. The number of carbonyl (C=O) groups is 2. The van der Waals surface area contributed by atoms with E-state index in [9.17, 15) is 37.9 Å². The highest BCUT2D eigenvalue weighted by atomic mass is 32.2. The van der Waals surface area contributed by atoms with Crippen molar-refractivity contribution in [2.24, 2.45) is 0 Å². The van der Waals surface area contributed by atoms with Crippen molar-refractivity contribution < 1.29 is 56.8 Å². The fraction of sp³-hybridized carbons (Fsp3) is 0.958. The molecule has 1 aliphatic heterocycles. The molecule has 0 bridgehead atoms. The summed E-state index contributed by atoms with van der Waals surface area (Å²) in [6, 6.07) is 0. The van der Waals surface area contributed by atoms with Crippen molar-refractivity contribution in [3.8, 4) is 0 Å². The highest BCUT2D eigenvalue weighted by molar-refractivity contribution is 7.85. The lowest BCUT2D eigenvalue weighted by Gasteiger charge is -2.40. The van der Waals surface area contributed by atoms with Gasteiger partial charge in [0.2, 0.25) is 0 Å². The van der Waals surface area contributed by atoms with Crippen molar-refractivity contribution in [2.75, 3.05) is 19.0 Å². The van der Waals surface area contributed by atoms with E-state index in [0.717, 1.165) is 38.5 Å². The van der Waals surface area contributed by atoms with E-state index >= 15 is 0 Å². The summed E-state index contributed by atoms with van der Waals surface area (Å²) in [4.78, 5) is 25.5. The van der Waals surface area contributed by atoms with Gasteiger partial charge in [-0.25, -0.2) is 0 Å². The Morgan fingerprint density at radius 3 is 1.20 bits per heavy atom. The summed E-state index contributed by atoms with van der Waals surface area (Å²) in [6.07, 6.45) is 31.5. The van der Waals surface area contributed by atoms with Gasteiger partial charge in [0.05, 0.1) is 6.61 Å². The molecule has 6 atom stereocenters. The number of ether oxygens (including phenoxy) is 4. The third-order valence-electron chi connectivity index (χ3n) is 11.9. The second-order valence-electron chi connectivity index (χ2n) is 17.9. The lowest BCUT2D eigenvalue weighted by atomic mass is 10.00. The lowest BCUT2D eigenvalue weighted by Crippen LogP contribution is -2.60. The molecule has 0 spiro atoms. The predicted octanol–water partition coefficient (Wildman–Crippen LogP) is 10.8. The van der Waals surface area contributed by atoms with Crippen LogP contribution < -0.4 is 0 Å². The predicted molar refractivity (Wildman–Crippen MR) is 243 cm³/mol. The molecule has 0 aromatic rings. The molecule has 0 amide bonds. The Kier molecular flexibility index (Phi) is 36.9. The molecule has 1 fully saturated rings. The summed E-state index contributed by atoms with van der Waals surface area (Å²) in [6.45, 7) is 3.80. The molecule has 13 heteroatoms. The Bertz CT molecular complexity index is 1140. The Labute approximate surface area is 372 Å². The number of unbranched alkanes of at least 4 members (excludes halogenated alkanes) is 31. The molecular formula is C48H92O12S. The van der Waals surface area contributed by atoms with Gasteiger partial charge in [0, 0.05) is 12.8 Å². The molecule has 0 aliphatic carbocycles. The highest BCUT2D eigenvalue weighted by Crippen LogP contribution is 2.24. The molecule has 0 saturated carbocycles. The average molecular weight is 893 g/mol. The minimum Gasteiger partial charge on any atom is -0.462 e. The summed E-state index contributed by atoms with van der Waals surface area (Å²) >= 11 is 0. The van der Waals surface area contributed by atoms with Gasteiger partial charge in [-0.15, -0.1) is 0 Å². The van der Waals surface area contributed by atoms with Crippen LogP contribution in [0.5, 0.6) is 0 Å². The van der Waals surface area contributed by atoms with Crippen LogP contribution in [0.2, 0.25) is 0 Å². The van der Waals surface area contributed by atoms with Gasteiger partial charge >= 0.3 is 11.9 Å². The zero-order chi connectivity index (χ0) is 44.8. The molecule has 12 nitrogen and oxygen atoms in total. The van der Waals surface area contributed by atoms with Gasteiger partial charge in [-0.1, -0.05) is 213 Å². The third kappa shape index (κ3) is 33.8. The van der Waals surface area contributed by atoms with E-state index in [4.69, 9.17) is 18.9 Å². The molecule has 0 aromatic carbocycles. The van der Waals surface area contributed by atoms with E-state index in [2.05, 4.69) is 13.8 Å². The van der Waals surface area contributed by atoms with Crippen molar-refractivity contribution in [2.45, 2.75) is 275 Å². The van der Waals surface area contributed by atoms with Crippen LogP contribution in [0.25, 0.3) is 0 Å². The Balaban J connectivity index is 2.36. The first kappa shape index (κ1) is 57.7. The topological polar surface area (TPSA) is 186 Å². The molecule has 2 unspecified atom stereocenters. The Morgan fingerprint density at radius 1 is 0.492 bits per heavy atom. The third-order valence-corrected chi connectivity index (χ3v) is 12.7. The summed E-state index contributed by atoms with van der Waals surface area (Å²) in [7, 11) is -4.60. The second kappa shape index (κ2) is 39.1. The van der Waals surface area contributed by atoms with Crippen molar-refractivity contribution in [3.05, 3.63) is 0 Å². The van der Waals surface area contributed by atoms with Gasteiger partial charge in [0.25, 0.3) is 10.1 Å². The second-order valence-corrected chi connectivity index (χ2v) is 19.3. The smallest absolute Gasteiger partial charge is 0.306 e. The molecule has 0 aromatic heterocycles. The molecule has 4 N–H and O–H groups in total. The van der Waals surface area contributed by atoms with E-state index < -0.39 is 71.2 Å². The monoisotopic (exact) mass is 893 g/mol. The molecule has 1 aliphatic rings. The van der Waals surface area contributed by atoms with Crippen LogP contribution in [0.1, 0.15) is 239 Å².